The first-order chi connectivity index (χ1) is 22.6. The highest BCUT2D eigenvalue weighted by Gasteiger charge is 2.52. The number of benzene rings is 3. The minimum absolute atomic E-state index is 0.0856. The van der Waals surface area contributed by atoms with Crippen molar-refractivity contribution >= 4 is 42.8 Å². The zero-order valence-corrected chi connectivity index (χ0v) is 29.1. The summed E-state index contributed by atoms with van der Waals surface area (Å²) in [6.07, 6.45) is -0.188. The highest BCUT2D eigenvalue weighted by atomic mass is 31.2. The standard InChI is InChI=1S/C35H43N4O8P/c1-8-22(2)31(38-34(43)45-35(5,6)7)32(42)39-21-25-11-9-10-12-30(25)33(39)48(44,46-28-17-13-26(14-18-28)36-23(3)40)47-29-19-15-27(16-20-29)37-24(4)41/h9-20,22,31,33H,8,21H2,1-7H3,(H,36,40)(H,37,41)(H,38,43)/t22-,31-,33?/m0/s1. The van der Waals surface area contributed by atoms with E-state index in [1.807, 2.05) is 26.0 Å². The van der Waals surface area contributed by atoms with Crippen LogP contribution in [0, 0.1) is 5.92 Å². The fourth-order valence-electron chi connectivity index (χ4n) is 5.22. The molecule has 0 fully saturated rings. The van der Waals surface area contributed by atoms with Crippen LogP contribution in [0.25, 0.3) is 0 Å². The third kappa shape index (κ3) is 9.16. The summed E-state index contributed by atoms with van der Waals surface area (Å²) in [6, 6.07) is 18.7. The van der Waals surface area contributed by atoms with Crippen LogP contribution >= 0.6 is 7.60 Å². The Balaban J connectivity index is 1.79. The van der Waals surface area contributed by atoms with Crippen molar-refractivity contribution < 1.29 is 37.5 Å². The normalized spacial score (nSPS) is 15.4. The van der Waals surface area contributed by atoms with Crippen molar-refractivity contribution in [2.24, 2.45) is 5.92 Å². The van der Waals surface area contributed by atoms with Crippen LogP contribution in [0.15, 0.2) is 72.8 Å². The number of anilines is 2. The van der Waals surface area contributed by atoms with Crippen LogP contribution in [0.3, 0.4) is 0 Å². The molecule has 1 aliphatic rings. The third-order valence-corrected chi connectivity index (χ3v) is 9.60. The summed E-state index contributed by atoms with van der Waals surface area (Å²) in [5.41, 5.74) is 1.53. The number of nitrogens with one attached hydrogen (secondary N) is 3. The van der Waals surface area contributed by atoms with Crippen LogP contribution in [-0.4, -0.2) is 40.4 Å². The molecule has 0 saturated heterocycles. The van der Waals surface area contributed by atoms with Crippen LogP contribution in [-0.2, 0) is 30.2 Å². The number of alkyl carbamates (subject to hydrolysis) is 1. The van der Waals surface area contributed by atoms with E-state index in [0.29, 0.717) is 23.4 Å². The summed E-state index contributed by atoms with van der Waals surface area (Å²) in [6.45, 7) is 11.8. The predicted octanol–water partition coefficient (Wildman–Crippen LogP) is 7.23. The topological polar surface area (TPSA) is 152 Å². The van der Waals surface area contributed by atoms with Gasteiger partial charge in [0.1, 0.15) is 23.1 Å². The highest BCUT2D eigenvalue weighted by Crippen LogP contribution is 2.64. The summed E-state index contributed by atoms with van der Waals surface area (Å²) < 4.78 is 33.3. The lowest BCUT2D eigenvalue weighted by molar-refractivity contribution is -0.136. The van der Waals surface area contributed by atoms with Gasteiger partial charge in [-0.15, -0.1) is 0 Å². The van der Waals surface area contributed by atoms with Gasteiger partial charge in [-0.25, -0.2) is 9.36 Å². The third-order valence-electron chi connectivity index (χ3n) is 7.52. The van der Waals surface area contributed by atoms with Gasteiger partial charge in [-0.1, -0.05) is 44.5 Å². The Morgan fingerprint density at radius 3 is 1.81 bits per heavy atom. The molecule has 1 unspecified atom stereocenters. The molecule has 3 aromatic rings. The van der Waals surface area contributed by atoms with Gasteiger partial charge in [0.15, 0.2) is 5.78 Å². The number of carbonyl (C=O) groups excluding carboxylic acids is 4. The number of fused-ring (bicyclic) bond motifs is 1. The van der Waals surface area contributed by atoms with Crippen molar-refractivity contribution in [3.8, 4) is 11.5 Å². The van der Waals surface area contributed by atoms with E-state index >= 15 is 4.57 Å². The molecule has 0 saturated carbocycles. The summed E-state index contributed by atoms with van der Waals surface area (Å²) in [4.78, 5) is 52.0. The molecule has 4 amide bonds. The molecule has 4 rings (SSSR count). The van der Waals surface area contributed by atoms with Crippen molar-refractivity contribution in [3.63, 3.8) is 0 Å². The fraction of sp³-hybridized carbons (Fsp3) is 0.371. The molecule has 3 atom stereocenters. The zero-order chi connectivity index (χ0) is 35.2. The van der Waals surface area contributed by atoms with Crippen molar-refractivity contribution in [3.05, 3.63) is 83.9 Å². The van der Waals surface area contributed by atoms with Gasteiger partial charge < -0.3 is 34.6 Å². The maximum absolute atomic E-state index is 15.3. The lowest BCUT2D eigenvalue weighted by Gasteiger charge is -2.35. The molecule has 0 aromatic heterocycles. The number of rotatable bonds is 11. The number of ether oxygens (including phenoxy) is 1. The van der Waals surface area contributed by atoms with Gasteiger partial charge in [0.25, 0.3) is 0 Å². The summed E-state index contributed by atoms with van der Waals surface area (Å²) in [5, 5.41) is 8.11. The van der Waals surface area contributed by atoms with E-state index < -0.39 is 37.0 Å². The van der Waals surface area contributed by atoms with E-state index in [0.717, 1.165) is 5.56 Å². The predicted molar refractivity (Wildman–Crippen MR) is 183 cm³/mol. The van der Waals surface area contributed by atoms with Gasteiger partial charge in [-0.3, -0.25) is 14.4 Å². The molecule has 12 nitrogen and oxygen atoms in total. The molecule has 0 bridgehead atoms. The Labute approximate surface area is 281 Å². The Bertz CT molecular complexity index is 1620. The monoisotopic (exact) mass is 678 g/mol. The van der Waals surface area contributed by atoms with E-state index in [9.17, 15) is 19.2 Å². The van der Waals surface area contributed by atoms with Gasteiger partial charge in [0.2, 0.25) is 17.7 Å². The van der Waals surface area contributed by atoms with E-state index in [4.69, 9.17) is 13.8 Å². The lowest BCUT2D eigenvalue weighted by atomic mass is 9.98. The van der Waals surface area contributed by atoms with Crippen LogP contribution in [0.5, 0.6) is 11.5 Å². The molecule has 3 N–H and O–H groups in total. The largest absolute Gasteiger partial charge is 0.457 e. The second kappa shape index (κ2) is 14.9. The number of carbonyl (C=O) groups is 4. The van der Waals surface area contributed by atoms with Crippen LogP contribution < -0.4 is 25.0 Å². The van der Waals surface area contributed by atoms with Crippen molar-refractivity contribution in [2.75, 3.05) is 10.6 Å². The number of nitrogens with zero attached hydrogens (tertiary/aromatic N) is 1. The molecule has 0 aliphatic carbocycles. The van der Waals surface area contributed by atoms with Crippen molar-refractivity contribution in [2.45, 2.75) is 78.9 Å². The van der Waals surface area contributed by atoms with Gasteiger partial charge in [-0.2, -0.15) is 0 Å². The minimum Gasteiger partial charge on any atom is -0.444 e. The molecule has 0 spiro atoms. The lowest BCUT2D eigenvalue weighted by Crippen LogP contribution is -2.52. The average Bonchev–Trinajstić information content (AvgIpc) is 3.40. The smallest absolute Gasteiger partial charge is 0.444 e. The number of hydrogen-bond acceptors (Lipinski definition) is 8. The minimum atomic E-state index is -4.40. The Kier molecular flexibility index (Phi) is 11.2. The highest BCUT2D eigenvalue weighted by molar-refractivity contribution is 7.55. The number of amides is 4. The Morgan fingerprint density at radius 1 is 0.854 bits per heavy atom. The van der Waals surface area contributed by atoms with E-state index in [1.54, 1.807) is 81.4 Å². The first-order valence-electron chi connectivity index (χ1n) is 15.7. The van der Waals surface area contributed by atoms with E-state index in [1.165, 1.54) is 18.7 Å². The number of hydrogen-bond donors (Lipinski definition) is 3. The summed E-state index contributed by atoms with van der Waals surface area (Å²) in [5.74, 6) is -2.17. The molecule has 1 heterocycles. The maximum atomic E-state index is 15.3. The maximum Gasteiger partial charge on any atom is 0.457 e. The summed E-state index contributed by atoms with van der Waals surface area (Å²) >= 11 is 0. The Hall–Kier alpha value is -4.83. The van der Waals surface area contributed by atoms with Gasteiger partial charge >= 0.3 is 13.7 Å². The van der Waals surface area contributed by atoms with Gasteiger partial charge in [-0.05, 0) is 86.3 Å². The fourth-order valence-corrected chi connectivity index (χ4v) is 7.42. The molecule has 3 aromatic carbocycles. The van der Waals surface area contributed by atoms with E-state index in [-0.39, 0.29) is 35.8 Å². The SMILES string of the molecule is CC[C@H](C)[C@H](NC(=O)OC(C)(C)C)C(=O)N1Cc2ccccc2C1P(=O)(Oc1ccc(NC(C)=O)cc1)Oc1ccc(NC(C)=O)cc1. The second-order valence-corrected chi connectivity index (χ2v) is 14.6. The average molecular weight is 679 g/mol. The van der Waals surface area contributed by atoms with Crippen molar-refractivity contribution in [1.29, 1.82) is 0 Å². The van der Waals surface area contributed by atoms with Gasteiger partial charge in [0, 0.05) is 31.8 Å². The molecular formula is C35H43N4O8P. The first kappa shape index (κ1) is 36.0. The quantitative estimate of drug-likeness (QED) is 0.180. The molecule has 48 heavy (non-hydrogen) atoms. The second-order valence-electron chi connectivity index (χ2n) is 12.7. The summed E-state index contributed by atoms with van der Waals surface area (Å²) in [7, 11) is -4.40. The zero-order valence-electron chi connectivity index (χ0n) is 28.2. The van der Waals surface area contributed by atoms with Crippen LogP contribution in [0.1, 0.15) is 71.8 Å². The van der Waals surface area contributed by atoms with Crippen LogP contribution in [0.4, 0.5) is 16.2 Å². The van der Waals surface area contributed by atoms with Crippen LogP contribution in [0.2, 0.25) is 0 Å². The van der Waals surface area contributed by atoms with E-state index in [2.05, 4.69) is 16.0 Å². The molecular weight excluding hydrogens is 635 g/mol. The van der Waals surface area contributed by atoms with Gasteiger partial charge in [0.05, 0.1) is 0 Å². The van der Waals surface area contributed by atoms with Crippen molar-refractivity contribution in [1.82, 2.24) is 10.2 Å². The molecule has 13 heteroatoms. The molecule has 1 aliphatic heterocycles. The molecule has 256 valence electrons. The molecule has 0 radical (unpaired) electrons. The first-order valence-corrected chi connectivity index (χ1v) is 17.3. The Morgan fingerprint density at radius 2 is 1.35 bits per heavy atom.